The van der Waals surface area contributed by atoms with E-state index >= 15 is 0 Å². The number of pyridine rings is 1. The van der Waals surface area contributed by atoms with E-state index in [2.05, 4.69) is 18.2 Å². The Bertz CT molecular complexity index is 1450. The Balaban J connectivity index is 0.000000337. The molecule has 0 bridgehead atoms. The maximum Gasteiger partial charge on any atom is 0.176 e. The Kier molecular flexibility index (Phi) is 7.64. The van der Waals surface area contributed by atoms with Crippen molar-refractivity contribution in [3.8, 4) is 17.0 Å². The average Bonchev–Trinajstić information content (AvgIpc) is 3.19. The fourth-order valence-corrected chi connectivity index (χ4v) is 3.66. The van der Waals surface area contributed by atoms with Crippen molar-refractivity contribution in [3.05, 3.63) is 84.6 Å². The summed E-state index contributed by atoms with van der Waals surface area (Å²) in [4.78, 5) is 14.9. The number of para-hydroxylation sites is 2. The molecule has 5 aromatic rings. The van der Waals surface area contributed by atoms with Crippen molar-refractivity contribution in [2.24, 2.45) is 0 Å². The molecule has 0 aliphatic heterocycles. The van der Waals surface area contributed by atoms with Crippen LogP contribution in [0.1, 0.15) is 13.8 Å². The first-order chi connectivity index (χ1) is 15.5. The minimum absolute atomic E-state index is 0. The van der Waals surface area contributed by atoms with Crippen LogP contribution in [0.5, 0.6) is 5.75 Å². The average molecular weight is 617 g/mol. The number of fused-ring (bicyclic) bond motifs is 5. The third kappa shape index (κ3) is 4.98. The summed E-state index contributed by atoms with van der Waals surface area (Å²) in [6.45, 7) is 2.85. The first-order valence-electron chi connectivity index (χ1n) is 10.1. The topological polar surface area (TPSA) is 72.6 Å². The fraction of sp³-hybridized carbons (Fsp3) is 0.111. The summed E-state index contributed by atoms with van der Waals surface area (Å²) in [7, 11) is 1.66. The SMILES string of the molecule is CC(=O)/C=C(/C)O.COc1cccc2c1oc1c(-c3[c-]cccc3)nc3ccccc3c12.[Ir]. The number of rotatable bonds is 3. The molecule has 2 aromatic heterocycles. The molecule has 0 fully saturated rings. The first-order valence-corrected chi connectivity index (χ1v) is 10.1. The minimum Gasteiger partial charge on any atom is -0.512 e. The second-order valence-electron chi connectivity index (χ2n) is 7.29. The molecule has 0 saturated carbocycles. The zero-order valence-electron chi connectivity index (χ0n) is 18.4. The van der Waals surface area contributed by atoms with Crippen molar-refractivity contribution in [2.45, 2.75) is 13.8 Å². The number of hydrogen-bond acceptors (Lipinski definition) is 5. The molecule has 3 aromatic carbocycles. The van der Waals surface area contributed by atoms with Crippen molar-refractivity contribution >= 4 is 38.6 Å². The molecule has 5 rings (SSSR count). The number of allylic oxidation sites excluding steroid dienone is 2. The monoisotopic (exact) mass is 617 g/mol. The maximum absolute atomic E-state index is 10.0. The van der Waals surface area contributed by atoms with E-state index < -0.39 is 0 Å². The van der Waals surface area contributed by atoms with Gasteiger partial charge in [0.15, 0.2) is 17.1 Å². The molecule has 0 spiro atoms. The van der Waals surface area contributed by atoms with Gasteiger partial charge in [0.1, 0.15) is 5.58 Å². The third-order valence-corrected chi connectivity index (χ3v) is 4.90. The maximum atomic E-state index is 10.0. The molecule has 169 valence electrons. The van der Waals surface area contributed by atoms with Crippen LogP contribution in [-0.4, -0.2) is 23.0 Å². The van der Waals surface area contributed by atoms with Crippen LogP contribution in [0, 0.1) is 6.07 Å². The van der Waals surface area contributed by atoms with Gasteiger partial charge in [-0.2, -0.15) is 0 Å². The number of ketones is 1. The van der Waals surface area contributed by atoms with E-state index in [9.17, 15) is 4.79 Å². The summed E-state index contributed by atoms with van der Waals surface area (Å²) in [6, 6.07) is 25.2. The van der Waals surface area contributed by atoms with Crippen molar-refractivity contribution in [3.63, 3.8) is 0 Å². The van der Waals surface area contributed by atoms with E-state index in [-0.39, 0.29) is 31.6 Å². The quantitative estimate of drug-likeness (QED) is 0.140. The van der Waals surface area contributed by atoms with Crippen LogP contribution in [0.4, 0.5) is 0 Å². The number of carbonyl (C=O) groups is 1. The molecule has 2 heterocycles. The molecule has 0 aliphatic carbocycles. The predicted molar refractivity (Wildman–Crippen MR) is 127 cm³/mol. The summed E-state index contributed by atoms with van der Waals surface area (Å²) in [6.07, 6.45) is 1.17. The molecule has 1 N–H and O–H groups in total. The van der Waals surface area contributed by atoms with E-state index in [1.807, 2.05) is 54.6 Å². The van der Waals surface area contributed by atoms with Crippen molar-refractivity contribution in [1.29, 1.82) is 0 Å². The Morgan fingerprint density at radius 3 is 2.36 bits per heavy atom. The van der Waals surface area contributed by atoms with E-state index in [1.54, 1.807) is 7.11 Å². The smallest absolute Gasteiger partial charge is 0.176 e. The second kappa shape index (κ2) is 10.4. The first kappa shape index (κ1) is 24.2. The summed E-state index contributed by atoms with van der Waals surface area (Å²) in [5, 5.41) is 11.5. The number of hydrogen-bond donors (Lipinski definition) is 1. The third-order valence-electron chi connectivity index (χ3n) is 4.90. The van der Waals surface area contributed by atoms with Crippen LogP contribution in [0.2, 0.25) is 0 Å². The number of methoxy groups -OCH3 is 1. The Morgan fingerprint density at radius 1 is 1.00 bits per heavy atom. The summed E-state index contributed by atoms with van der Waals surface area (Å²) < 4.78 is 11.8. The minimum atomic E-state index is -0.125. The molecule has 0 unspecified atom stereocenters. The molecule has 0 saturated heterocycles. The van der Waals surface area contributed by atoms with Crippen molar-refractivity contribution in [2.75, 3.05) is 7.11 Å². The number of benzene rings is 3. The van der Waals surface area contributed by atoms with Gasteiger partial charge in [0, 0.05) is 48.0 Å². The molecule has 5 nitrogen and oxygen atoms in total. The Hall–Kier alpha value is -3.47. The van der Waals surface area contributed by atoms with Crippen LogP contribution in [-0.2, 0) is 24.9 Å². The summed E-state index contributed by atoms with van der Waals surface area (Å²) in [5.74, 6) is 0.660. The van der Waals surface area contributed by atoms with E-state index in [1.165, 1.54) is 19.9 Å². The van der Waals surface area contributed by atoms with E-state index in [0.717, 1.165) is 49.8 Å². The van der Waals surface area contributed by atoms with Gasteiger partial charge >= 0.3 is 0 Å². The van der Waals surface area contributed by atoms with Gasteiger partial charge < -0.3 is 14.3 Å². The predicted octanol–water partition coefficient (Wildman–Crippen LogP) is 6.64. The number of ether oxygens (including phenoxy) is 1. The largest absolute Gasteiger partial charge is 0.512 e. The van der Waals surface area contributed by atoms with Gasteiger partial charge in [-0.1, -0.05) is 30.3 Å². The Morgan fingerprint density at radius 2 is 1.73 bits per heavy atom. The number of nitrogens with zero attached hydrogens (tertiary/aromatic N) is 1. The van der Waals surface area contributed by atoms with E-state index in [0.29, 0.717) is 0 Å². The standard InChI is InChI=1S/C22H14NO2.C5H8O2.Ir/c1-24-18-13-7-11-16-19-15-10-5-6-12-17(15)23-20(22(19)25-21(16)18)14-8-3-2-4-9-14;1-4(6)3-5(2)7;/h2-8,10-13H,1H3;3,6H,1-2H3;/q-1;;/b;4-3-;. The molecule has 1 radical (unpaired) electrons. The van der Waals surface area contributed by atoms with Crippen LogP contribution in [0.3, 0.4) is 0 Å². The second-order valence-corrected chi connectivity index (χ2v) is 7.29. The molecule has 0 aliphatic rings. The molecule has 6 heteroatoms. The molecule has 0 atom stereocenters. The van der Waals surface area contributed by atoms with Gasteiger partial charge in [0.25, 0.3) is 0 Å². The molecular formula is C27H22IrNO4-. The Labute approximate surface area is 205 Å². The van der Waals surface area contributed by atoms with Gasteiger partial charge in [-0.15, -0.1) is 35.9 Å². The van der Waals surface area contributed by atoms with Gasteiger partial charge in [-0.3, -0.25) is 9.78 Å². The normalized spacial score (nSPS) is 11.1. The van der Waals surface area contributed by atoms with Crippen LogP contribution in [0.25, 0.3) is 44.1 Å². The molecular weight excluding hydrogens is 595 g/mol. The van der Waals surface area contributed by atoms with Gasteiger partial charge in [-0.05, 0) is 26.0 Å². The fourth-order valence-electron chi connectivity index (χ4n) is 3.66. The summed E-state index contributed by atoms with van der Waals surface area (Å²) in [5.41, 5.74) is 4.16. The van der Waals surface area contributed by atoms with Crippen LogP contribution in [0.15, 0.2) is 83.0 Å². The van der Waals surface area contributed by atoms with Gasteiger partial charge in [-0.25, -0.2) is 0 Å². The number of carbonyl (C=O) groups excluding carboxylic acids is 1. The number of aliphatic hydroxyl groups excluding tert-OH is 1. The van der Waals surface area contributed by atoms with Crippen LogP contribution < -0.4 is 4.74 Å². The molecule has 0 amide bonds. The number of aliphatic hydroxyl groups is 1. The zero-order chi connectivity index (χ0) is 22.7. The van der Waals surface area contributed by atoms with Gasteiger partial charge in [0.2, 0.25) is 0 Å². The van der Waals surface area contributed by atoms with Gasteiger partial charge in [0.05, 0.1) is 18.4 Å². The number of furan rings is 1. The van der Waals surface area contributed by atoms with E-state index in [4.69, 9.17) is 19.2 Å². The van der Waals surface area contributed by atoms with Crippen molar-refractivity contribution in [1.82, 2.24) is 4.98 Å². The molecule has 33 heavy (non-hydrogen) atoms. The zero-order valence-corrected chi connectivity index (χ0v) is 20.8. The number of aromatic nitrogens is 1. The van der Waals surface area contributed by atoms with Crippen molar-refractivity contribution < 1.29 is 39.2 Å². The summed E-state index contributed by atoms with van der Waals surface area (Å²) >= 11 is 0. The van der Waals surface area contributed by atoms with Crippen LogP contribution >= 0.6 is 0 Å².